The fourth-order valence-electron chi connectivity index (χ4n) is 2.86. The summed E-state index contributed by atoms with van der Waals surface area (Å²) in [7, 11) is 0. The number of likely N-dealkylation sites (tertiary alicyclic amines) is 1. The van der Waals surface area contributed by atoms with Crippen LogP contribution in [0.15, 0.2) is 0 Å². The van der Waals surface area contributed by atoms with Crippen molar-refractivity contribution in [2.75, 3.05) is 19.6 Å². The number of nitrogens with zero attached hydrogens (tertiary/aromatic N) is 1. The van der Waals surface area contributed by atoms with Crippen molar-refractivity contribution in [2.24, 2.45) is 5.41 Å². The normalized spacial score (nSPS) is 30.8. The minimum absolute atomic E-state index is 0.0231. The first-order chi connectivity index (χ1) is 7.88. The van der Waals surface area contributed by atoms with E-state index >= 15 is 0 Å². The van der Waals surface area contributed by atoms with E-state index in [1.165, 1.54) is 0 Å². The van der Waals surface area contributed by atoms with Crippen molar-refractivity contribution in [3.8, 4) is 0 Å². The molecule has 98 valence electrons. The number of β-amino-alcohol motifs (C(OH)–C–C–N with tert-alkyl or cyclic N) is 1. The van der Waals surface area contributed by atoms with Crippen LogP contribution in [-0.4, -0.2) is 47.2 Å². The summed E-state index contributed by atoms with van der Waals surface area (Å²) in [5.74, 6) is 0.160. The highest BCUT2D eigenvalue weighted by molar-refractivity contribution is 5.84. The Morgan fingerprint density at radius 3 is 2.65 bits per heavy atom. The molecular formula is C13H24N2O2. The largest absolute Gasteiger partial charge is 0.386 e. The third-order valence-electron chi connectivity index (χ3n) is 4.31. The van der Waals surface area contributed by atoms with Gasteiger partial charge in [-0.25, -0.2) is 0 Å². The second-order valence-corrected chi connectivity index (χ2v) is 6.25. The smallest absolute Gasteiger partial charge is 0.240 e. The standard InChI is InChI=1S/C13H24N2O2/c1-4-13(17)8-15(9-13)11(16)10-12(2,3)6-5-7-14-10/h10,14,17H,4-9H2,1-3H3. The van der Waals surface area contributed by atoms with E-state index < -0.39 is 5.60 Å². The highest BCUT2D eigenvalue weighted by Gasteiger charge is 2.47. The van der Waals surface area contributed by atoms with Crippen LogP contribution >= 0.6 is 0 Å². The average molecular weight is 240 g/mol. The number of hydrogen-bond donors (Lipinski definition) is 2. The Bertz CT molecular complexity index is 309. The molecule has 2 aliphatic heterocycles. The molecule has 1 amide bonds. The molecule has 2 fully saturated rings. The quantitative estimate of drug-likeness (QED) is 0.749. The van der Waals surface area contributed by atoms with Gasteiger partial charge in [0.2, 0.25) is 5.91 Å². The van der Waals surface area contributed by atoms with Gasteiger partial charge in [0.15, 0.2) is 0 Å². The zero-order valence-electron chi connectivity index (χ0n) is 11.1. The fraction of sp³-hybridized carbons (Fsp3) is 0.923. The minimum Gasteiger partial charge on any atom is -0.386 e. The fourth-order valence-corrected chi connectivity index (χ4v) is 2.86. The van der Waals surface area contributed by atoms with Gasteiger partial charge in [-0.1, -0.05) is 20.8 Å². The molecule has 0 radical (unpaired) electrons. The van der Waals surface area contributed by atoms with Crippen LogP contribution in [0.25, 0.3) is 0 Å². The number of nitrogens with one attached hydrogen (secondary N) is 1. The third-order valence-corrected chi connectivity index (χ3v) is 4.31. The van der Waals surface area contributed by atoms with Crippen LogP contribution in [0.3, 0.4) is 0 Å². The lowest BCUT2D eigenvalue weighted by Gasteiger charge is -2.49. The summed E-state index contributed by atoms with van der Waals surface area (Å²) in [5.41, 5.74) is -0.607. The molecule has 4 heteroatoms. The number of rotatable bonds is 2. The van der Waals surface area contributed by atoms with Gasteiger partial charge in [0.05, 0.1) is 24.7 Å². The molecule has 1 unspecified atom stereocenters. The molecule has 2 N–H and O–H groups in total. The number of hydrogen-bond acceptors (Lipinski definition) is 3. The maximum atomic E-state index is 12.4. The number of amides is 1. The second kappa shape index (κ2) is 4.25. The van der Waals surface area contributed by atoms with Crippen molar-refractivity contribution in [3.63, 3.8) is 0 Å². The van der Waals surface area contributed by atoms with Crippen LogP contribution in [0.4, 0.5) is 0 Å². The topological polar surface area (TPSA) is 52.6 Å². The van der Waals surface area contributed by atoms with E-state index in [0.717, 1.165) is 25.8 Å². The van der Waals surface area contributed by atoms with Gasteiger partial charge in [-0.3, -0.25) is 4.79 Å². The molecule has 0 aliphatic carbocycles. The van der Waals surface area contributed by atoms with Crippen LogP contribution in [0.5, 0.6) is 0 Å². The summed E-state index contributed by atoms with van der Waals surface area (Å²) in [6, 6.07) is -0.0855. The molecule has 2 aliphatic rings. The zero-order valence-corrected chi connectivity index (χ0v) is 11.1. The Morgan fingerprint density at radius 2 is 2.12 bits per heavy atom. The number of aliphatic hydroxyl groups is 1. The Morgan fingerprint density at radius 1 is 1.47 bits per heavy atom. The monoisotopic (exact) mass is 240 g/mol. The first kappa shape index (κ1) is 12.8. The van der Waals surface area contributed by atoms with E-state index in [9.17, 15) is 9.90 Å². The van der Waals surface area contributed by atoms with Crippen LogP contribution in [0.1, 0.15) is 40.0 Å². The lowest BCUT2D eigenvalue weighted by Crippen LogP contribution is -2.68. The molecule has 0 bridgehead atoms. The molecule has 0 aromatic heterocycles. The maximum absolute atomic E-state index is 12.4. The van der Waals surface area contributed by atoms with Crippen molar-refractivity contribution >= 4 is 5.91 Å². The molecule has 2 saturated heterocycles. The van der Waals surface area contributed by atoms with Crippen molar-refractivity contribution < 1.29 is 9.90 Å². The Balaban J connectivity index is 1.97. The highest BCUT2D eigenvalue weighted by atomic mass is 16.3. The Labute approximate surface area is 103 Å². The molecule has 1 atom stereocenters. The van der Waals surface area contributed by atoms with Gasteiger partial charge >= 0.3 is 0 Å². The van der Waals surface area contributed by atoms with Gasteiger partial charge in [-0.2, -0.15) is 0 Å². The second-order valence-electron chi connectivity index (χ2n) is 6.25. The molecule has 0 saturated carbocycles. The van der Waals surface area contributed by atoms with Gasteiger partial charge in [-0.15, -0.1) is 0 Å². The van der Waals surface area contributed by atoms with Gasteiger partial charge in [0.25, 0.3) is 0 Å². The van der Waals surface area contributed by atoms with Gasteiger partial charge in [0, 0.05) is 0 Å². The number of piperidine rings is 1. The van der Waals surface area contributed by atoms with Crippen LogP contribution < -0.4 is 5.32 Å². The van der Waals surface area contributed by atoms with E-state index in [1.54, 1.807) is 4.90 Å². The van der Waals surface area contributed by atoms with Crippen LogP contribution in [0.2, 0.25) is 0 Å². The summed E-state index contributed by atoms with van der Waals surface area (Å²) in [5, 5.41) is 13.3. The first-order valence-electron chi connectivity index (χ1n) is 6.62. The van der Waals surface area contributed by atoms with E-state index in [4.69, 9.17) is 0 Å². The molecule has 4 nitrogen and oxygen atoms in total. The molecule has 0 aromatic rings. The molecular weight excluding hydrogens is 216 g/mol. The summed E-state index contributed by atoms with van der Waals surface area (Å²) < 4.78 is 0. The number of carbonyl (C=O) groups excluding carboxylic acids is 1. The lowest BCUT2D eigenvalue weighted by molar-refractivity contribution is -0.161. The average Bonchev–Trinajstić information content (AvgIpc) is 2.23. The highest BCUT2D eigenvalue weighted by Crippen LogP contribution is 2.33. The summed E-state index contributed by atoms with van der Waals surface area (Å²) in [6.07, 6.45) is 2.94. The number of carbonyl (C=O) groups is 1. The van der Waals surface area contributed by atoms with E-state index in [0.29, 0.717) is 13.1 Å². The van der Waals surface area contributed by atoms with E-state index in [1.807, 2.05) is 6.92 Å². The third kappa shape index (κ3) is 2.33. The molecule has 17 heavy (non-hydrogen) atoms. The SMILES string of the molecule is CCC1(O)CN(C(=O)C2NCCCC2(C)C)C1. The molecule has 2 rings (SSSR count). The van der Waals surface area contributed by atoms with Crippen LogP contribution in [0, 0.1) is 5.41 Å². The minimum atomic E-state index is -0.630. The summed E-state index contributed by atoms with van der Waals surface area (Å²) in [6.45, 7) is 8.17. The van der Waals surface area contributed by atoms with Crippen molar-refractivity contribution in [2.45, 2.75) is 51.7 Å². The zero-order chi connectivity index (χ0) is 12.7. The lowest BCUT2D eigenvalue weighted by atomic mass is 9.76. The van der Waals surface area contributed by atoms with Gasteiger partial charge in [0.1, 0.15) is 0 Å². The Hall–Kier alpha value is -0.610. The van der Waals surface area contributed by atoms with Crippen LogP contribution in [-0.2, 0) is 4.79 Å². The molecule has 0 aromatic carbocycles. The maximum Gasteiger partial charge on any atom is 0.240 e. The van der Waals surface area contributed by atoms with Crippen molar-refractivity contribution in [1.82, 2.24) is 10.2 Å². The van der Waals surface area contributed by atoms with Crippen molar-refractivity contribution in [3.05, 3.63) is 0 Å². The molecule has 0 spiro atoms. The molecule has 2 heterocycles. The predicted molar refractivity (Wildman–Crippen MR) is 66.6 cm³/mol. The van der Waals surface area contributed by atoms with E-state index in [2.05, 4.69) is 19.2 Å². The summed E-state index contributed by atoms with van der Waals surface area (Å²) in [4.78, 5) is 14.1. The first-order valence-corrected chi connectivity index (χ1v) is 6.62. The summed E-state index contributed by atoms with van der Waals surface area (Å²) >= 11 is 0. The van der Waals surface area contributed by atoms with E-state index in [-0.39, 0.29) is 17.4 Å². The van der Waals surface area contributed by atoms with Gasteiger partial charge < -0.3 is 15.3 Å². The predicted octanol–water partition coefficient (Wildman–Crippen LogP) is 0.748. The van der Waals surface area contributed by atoms with Gasteiger partial charge in [-0.05, 0) is 31.2 Å². The Kier molecular flexibility index (Phi) is 3.21. The van der Waals surface area contributed by atoms with Crippen molar-refractivity contribution in [1.29, 1.82) is 0 Å².